The Hall–Kier alpha value is -3.15. The molecule has 3 heterocycles. The van der Waals surface area contributed by atoms with Gasteiger partial charge in [0.1, 0.15) is 6.61 Å². The highest BCUT2D eigenvalue weighted by Gasteiger charge is 2.43. The Morgan fingerprint density at radius 1 is 1.06 bits per heavy atom. The monoisotopic (exact) mass is 417 g/mol. The van der Waals surface area contributed by atoms with Gasteiger partial charge >= 0.3 is 6.09 Å². The number of aromatic nitrogens is 2. The summed E-state index contributed by atoms with van der Waals surface area (Å²) in [6, 6.07) is 15.7. The van der Waals surface area contributed by atoms with Crippen LogP contribution in [0.4, 0.5) is 4.79 Å². The van der Waals surface area contributed by atoms with Gasteiger partial charge in [-0.25, -0.2) is 4.79 Å². The lowest BCUT2D eigenvalue weighted by Gasteiger charge is -2.47. The molecule has 2 bridgehead atoms. The number of carbonyl (C=O) groups excluding carboxylic acids is 2. The van der Waals surface area contributed by atoms with E-state index in [9.17, 15) is 9.59 Å². The van der Waals surface area contributed by atoms with Crippen LogP contribution in [0.25, 0.3) is 10.9 Å². The lowest BCUT2D eigenvalue weighted by Crippen LogP contribution is -2.55. The van der Waals surface area contributed by atoms with Crippen LogP contribution in [-0.4, -0.2) is 38.6 Å². The Morgan fingerprint density at radius 3 is 2.55 bits per heavy atom. The standard InChI is InChI=1S/C25H27N3O3/c1-27-15-19-11-10-18(14-23(19)26-27)24(29)20-12-21-8-5-9-22(13-20)28(21)25(30)31-16-17-6-3-2-4-7-17/h2-4,6-7,10-11,14-15,20-22H,5,8-9,12-13,16H2,1H3. The number of ketones is 1. The van der Waals surface area contributed by atoms with Crippen molar-refractivity contribution in [2.75, 3.05) is 0 Å². The largest absolute Gasteiger partial charge is 0.445 e. The number of Topliss-reactive ketones (excluding diaryl/α,β-unsaturated/α-hetero) is 1. The molecule has 2 aliphatic rings. The van der Waals surface area contributed by atoms with E-state index in [-0.39, 0.29) is 36.5 Å². The second-order valence-electron chi connectivity index (χ2n) is 8.79. The molecule has 0 N–H and O–H groups in total. The summed E-state index contributed by atoms with van der Waals surface area (Å²) in [5, 5.41) is 5.47. The summed E-state index contributed by atoms with van der Waals surface area (Å²) < 4.78 is 7.39. The predicted octanol–water partition coefficient (Wildman–Crippen LogP) is 4.73. The van der Waals surface area contributed by atoms with E-state index in [0.717, 1.165) is 41.3 Å². The average molecular weight is 418 g/mol. The molecule has 160 valence electrons. The summed E-state index contributed by atoms with van der Waals surface area (Å²) in [6.45, 7) is 0.280. The lowest BCUT2D eigenvalue weighted by molar-refractivity contribution is 0.00473. The molecule has 0 saturated carbocycles. The first-order valence-corrected chi connectivity index (χ1v) is 11.0. The molecule has 2 unspecified atom stereocenters. The minimum absolute atomic E-state index is 0.0605. The number of amides is 1. The van der Waals surface area contributed by atoms with Crippen LogP contribution in [0.5, 0.6) is 0 Å². The maximum atomic E-state index is 13.3. The predicted molar refractivity (Wildman–Crippen MR) is 118 cm³/mol. The SMILES string of the molecule is Cn1cc2ccc(C(=O)C3CC4CCCC(C3)N4C(=O)OCc3ccccc3)cc2n1. The van der Waals surface area contributed by atoms with Crippen molar-refractivity contribution in [3.8, 4) is 0 Å². The molecule has 0 aliphatic carbocycles. The van der Waals surface area contributed by atoms with Gasteiger partial charge in [-0.2, -0.15) is 5.10 Å². The quantitative estimate of drug-likeness (QED) is 0.576. The zero-order valence-electron chi connectivity index (χ0n) is 17.7. The Bertz CT molecular complexity index is 1090. The fraction of sp³-hybridized carbons (Fsp3) is 0.400. The highest BCUT2D eigenvalue weighted by molar-refractivity contribution is 6.00. The van der Waals surface area contributed by atoms with E-state index in [4.69, 9.17) is 4.74 Å². The van der Waals surface area contributed by atoms with E-state index in [1.165, 1.54) is 0 Å². The van der Waals surface area contributed by atoms with E-state index in [1.54, 1.807) is 4.68 Å². The molecule has 2 atom stereocenters. The van der Waals surface area contributed by atoms with Crippen LogP contribution in [0.3, 0.4) is 0 Å². The number of hydrogen-bond donors (Lipinski definition) is 0. The minimum Gasteiger partial charge on any atom is -0.445 e. The number of fused-ring (bicyclic) bond motifs is 3. The van der Waals surface area contributed by atoms with Crippen LogP contribution in [-0.2, 0) is 18.4 Å². The van der Waals surface area contributed by atoms with Gasteiger partial charge in [-0.15, -0.1) is 0 Å². The molecule has 2 aromatic carbocycles. The fourth-order valence-electron chi connectivity index (χ4n) is 5.22. The Balaban J connectivity index is 1.28. The zero-order chi connectivity index (χ0) is 21.4. The van der Waals surface area contributed by atoms with Crippen LogP contribution in [0, 0.1) is 5.92 Å². The van der Waals surface area contributed by atoms with E-state index in [2.05, 4.69) is 5.10 Å². The molecule has 3 aromatic rings. The van der Waals surface area contributed by atoms with Crippen molar-refractivity contribution < 1.29 is 14.3 Å². The van der Waals surface area contributed by atoms with Crippen LogP contribution in [0.1, 0.15) is 48.0 Å². The van der Waals surface area contributed by atoms with Gasteiger partial charge in [-0.05, 0) is 43.7 Å². The number of hydrogen-bond acceptors (Lipinski definition) is 4. The highest BCUT2D eigenvalue weighted by atomic mass is 16.6. The molecule has 2 fully saturated rings. The summed E-state index contributed by atoms with van der Waals surface area (Å²) >= 11 is 0. The molecule has 1 amide bonds. The third kappa shape index (κ3) is 3.94. The molecular weight excluding hydrogens is 390 g/mol. The summed E-state index contributed by atoms with van der Waals surface area (Å²) in [4.78, 5) is 28.1. The zero-order valence-corrected chi connectivity index (χ0v) is 17.7. The Kier molecular flexibility index (Phi) is 5.22. The van der Waals surface area contributed by atoms with Crippen molar-refractivity contribution in [3.05, 3.63) is 65.9 Å². The summed E-state index contributed by atoms with van der Waals surface area (Å²) in [6.07, 6.45) is 6.07. The molecule has 2 saturated heterocycles. The first-order chi connectivity index (χ1) is 15.1. The van der Waals surface area contributed by atoms with Gasteiger partial charge in [0, 0.05) is 42.2 Å². The number of aryl methyl sites for hydroxylation is 1. The molecule has 0 spiro atoms. The smallest absolute Gasteiger partial charge is 0.410 e. The molecule has 0 radical (unpaired) electrons. The number of nitrogens with zero attached hydrogens (tertiary/aromatic N) is 3. The van der Waals surface area contributed by atoms with E-state index in [1.807, 2.05) is 66.7 Å². The molecule has 31 heavy (non-hydrogen) atoms. The number of carbonyl (C=O) groups is 2. The molecule has 1 aromatic heterocycles. The number of benzene rings is 2. The molecule has 6 nitrogen and oxygen atoms in total. The topological polar surface area (TPSA) is 64.4 Å². The summed E-state index contributed by atoms with van der Waals surface area (Å²) in [5.41, 5.74) is 2.54. The first kappa shape index (κ1) is 19.8. The molecule has 5 rings (SSSR count). The van der Waals surface area contributed by atoms with Crippen LogP contribution >= 0.6 is 0 Å². The van der Waals surface area contributed by atoms with Gasteiger partial charge < -0.3 is 9.64 Å². The fourth-order valence-corrected chi connectivity index (χ4v) is 5.22. The second-order valence-corrected chi connectivity index (χ2v) is 8.79. The van der Waals surface area contributed by atoms with Crippen LogP contribution in [0.15, 0.2) is 54.7 Å². The van der Waals surface area contributed by atoms with Gasteiger partial charge in [0.2, 0.25) is 0 Å². The number of rotatable bonds is 4. The van der Waals surface area contributed by atoms with Crippen molar-refractivity contribution in [3.63, 3.8) is 0 Å². The Labute approximate surface area is 181 Å². The molecule has 2 aliphatic heterocycles. The Morgan fingerprint density at radius 2 is 1.81 bits per heavy atom. The summed E-state index contributed by atoms with van der Waals surface area (Å²) in [5.74, 6) is 0.108. The van der Waals surface area contributed by atoms with E-state index < -0.39 is 0 Å². The van der Waals surface area contributed by atoms with Crippen LogP contribution < -0.4 is 0 Å². The number of ether oxygens (including phenoxy) is 1. The highest BCUT2D eigenvalue weighted by Crippen LogP contribution is 2.39. The molecular formula is C25H27N3O3. The van der Waals surface area contributed by atoms with Crippen molar-refractivity contribution in [1.82, 2.24) is 14.7 Å². The third-order valence-electron chi connectivity index (χ3n) is 6.67. The minimum atomic E-state index is -0.251. The normalized spacial score (nSPS) is 23.0. The maximum Gasteiger partial charge on any atom is 0.410 e. The van der Waals surface area contributed by atoms with Gasteiger partial charge in [0.25, 0.3) is 0 Å². The van der Waals surface area contributed by atoms with Crippen molar-refractivity contribution in [2.24, 2.45) is 13.0 Å². The molecule has 6 heteroatoms. The van der Waals surface area contributed by atoms with Crippen molar-refractivity contribution >= 4 is 22.8 Å². The summed E-state index contributed by atoms with van der Waals surface area (Å²) in [7, 11) is 1.88. The van der Waals surface area contributed by atoms with Gasteiger partial charge in [0.15, 0.2) is 5.78 Å². The first-order valence-electron chi connectivity index (χ1n) is 11.0. The lowest BCUT2D eigenvalue weighted by atomic mass is 9.76. The van der Waals surface area contributed by atoms with Gasteiger partial charge in [-0.3, -0.25) is 9.48 Å². The number of piperidine rings is 2. The van der Waals surface area contributed by atoms with Gasteiger partial charge in [-0.1, -0.05) is 42.5 Å². The van der Waals surface area contributed by atoms with E-state index in [0.29, 0.717) is 12.8 Å². The average Bonchev–Trinajstić information content (AvgIpc) is 3.16. The maximum absolute atomic E-state index is 13.3. The van der Waals surface area contributed by atoms with Gasteiger partial charge in [0.05, 0.1) is 5.52 Å². The van der Waals surface area contributed by atoms with Crippen molar-refractivity contribution in [1.29, 1.82) is 0 Å². The van der Waals surface area contributed by atoms with Crippen molar-refractivity contribution in [2.45, 2.75) is 50.8 Å². The van der Waals surface area contributed by atoms with E-state index >= 15 is 0 Å². The third-order valence-corrected chi connectivity index (χ3v) is 6.67. The second kappa shape index (κ2) is 8.17. The van der Waals surface area contributed by atoms with Crippen LogP contribution in [0.2, 0.25) is 0 Å².